The molecule has 0 aliphatic rings. The van der Waals surface area contributed by atoms with E-state index in [1.807, 2.05) is 30.3 Å². The van der Waals surface area contributed by atoms with Gasteiger partial charge in [0.15, 0.2) is 11.5 Å². The minimum atomic E-state index is -4.03. The van der Waals surface area contributed by atoms with Crippen LogP contribution in [0.2, 0.25) is 5.02 Å². The number of hydrogen-bond donors (Lipinski definition) is 2. The standard InChI is InChI=1S/C24H25ClN2O5S/c1-31-22-13-12-20(15-23(22)32-2)33(29,30)27-21(14-17-6-4-3-5-7-17)24(28)26-16-18-8-10-19(25)11-9-18/h3-13,15,21,27H,14,16H2,1-2H3,(H,26,28)/t21-/m0/s1. The van der Waals surface area contributed by atoms with Crippen LogP contribution in [0.1, 0.15) is 11.1 Å². The second kappa shape index (κ2) is 11.2. The predicted octanol–water partition coefficient (Wildman–Crippen LogP) is 3.56. The van der Waals surface area contributed by atoms with E-state index in [-0.39, 0.29) is 23.6 Å². The molecule has 1 atom stereocenters. The van der Waals surface area contributed by atoms with Crippen LogP contribution < -0.4 is 19.5 Å². The molecule has 0 aromatic heterocycles. The van der Waals surface area contributed by atoms with Gasteiger partial charge in [0.25, 0.3) is 0 Å². The molecule has 3 rings (SSSR count). The fourth-order valence-electron chi connectivity index (χ4n) is 3.19. The molecule has 2 N–H and O–H groups in total. The van der Waals surface area contributed by atoms with Crippen LogP contribution in [0.3, 0.4) is 0 Å². The molecule has 0 radical (unpaired) electrons. The molecule has 0 fully saturated rings. The molecular weight excluding hydrogens is 464 g/mol. The van der Waals surface area contributed by atoms with Crippen LogP contribution in [0.4, 0.5) is 0 Å². The lowest BCUT2D eigenvalue weighted by Crippen LogP contribution is -2.47. The summed E-state index contributed by atoms with van der Waals surface area (Å²) in [6.07, 6.45) is 0.180. The number of hydrogen-bond acceptors (Lipinski definition) is 5. The topological polar surface area (TPSA) is 93.7 Å². The lowest BCUT2D eigenvalue weighted by Gasteiger charge is -2.19. The molecule has 174 valence electrons. The van der Waals surface area contributed by atoms with Crippen LogP contribution in [-0.4, -0.2) is 34.6 Å². The van der Waals surface area contributed by atoms with E-state index in [2.05, 4.69) is 10.0 Å². The van der Waals surface area contributed by atoms with Gasteiger partial charge in [-0.05, 0) is 41.8 Å². The second-order valence-electron chi connectivity index (χ2n) is 7.22. The summed E-state index contributed by atoms with van der Waals surface area (Å²) in [4.78, 5) is 13.0. The maximum Gasteiger partial charge on any atom is 0.241 e. The number of halogens is 1. The van der Waals surface area contributed by atoms with Crippen molar-refractivity contribution >= 4 is 27.5 Å². The van der Waals surface area contributed by atoms with Crippen LogP contribution >= 0.6 is 11.6 Å². The van der Waals surface area contributed by atoms with Gasteiger partial charge in [-0.1, -0.05) is 54.1 Å². The van der Waals surface area contributed by atoms with E-state index in [0.717, 1.165) is 11.1 Å². The molecule has 33 heavy (non-hydrogen) atoms. The maximum absolute atomic E-state index is 13.1. The van der Waals surface area contributed by atoms with Gasteiger partial charge in [-0.15, -0.1) is 0 Å². The first kappa shape index (κ1) is 24.6. The van der Waals surface area contributed by atoms with Crippen molar-refractivity contribution in [1.29, 1.82) is 0 Å². The Bertz CT molecular complexity index is 1190. The summed E-state index contributed by atoms with van der Waals surface area (Å²) in [7, 11) is -1.15. The smallest absolute Gasteiger partial charge is 0.241 e. The number of amides is 1. The number of sulfonamides is 1. The highest BCUT2D eigenvalue weighted by Gasteiger charge is 2.27. The third kappa shape index (κ3) is 6.71. The predicted molar refractivity (Wildman–Crippen MR) is 127 cm³/mol. The fraction of sp³-hybridized carbons (Fsp3) is 0.208. The molecule has 0 saturated carbocycles. The highest BCUT2D eigenvalue weighted by Crippen LogP contribution is 2.29. The van der Waals surface area contributed by atoms with Gasteiger partial charge in [-0.2, -0.15) is 4.72 Å². The van der Waals surface area contributed by atoms with Crippen LogP contribution in [0.15, 0.2) is 77.7 Å². The van der Waals surface area contributed by atoms with Gasteiger partial charge in [0.1, 0.15) is 6.04 Å². The zero-order valence-corrected chi connectivity index (χ0v) is 19.8. The Morgan fingerprint density at radius 1 is 0.909 bits per heavy atom. The van der Waals surface area contributed by atoms with E-state index < -0.39 is 22.0 Å². The van der Waals surface area contributed by atoms with Gasteiger partial charge in [-0.25, -0.2) is 8.42 Å². The van der Waals surface area contributed by atoms with Gasteiger partial charge in [0, 0.05) is 17.6 Å². The minimum Gasteiger partial charge on any atom is -0.493 e. The van der Waals surface area contributed by atoms with Gasteiger partial charge in [0.05, 0.1) is 19.1 Å². The van der Waals surface area contributed by atoms with Crippen LogP contribution in [0.5, 0.6) is 11.5 Å². The number of rotatable bonds is 10. The van der Waals surface area contributed by atoms with Crippen molar-refractivity contribution in [2.45, 2.75) is 23.9 Å². The van der Waals surface area contributed by atoms with Crippen molar-refractivity contribution in [3.63, 3.8) is 0 Å². The van der Waals surface area contributed by atoms with E-state index in [0.29, 0.717) is 10.8 Å². The summed E-state index contributed by atoms with van der Waals surface area (Å²) in [6, 6.07) is 19.5. The summed E-state index contributed by atoms with van der Waals surface area (Å²) in [5, 5.41) is 3.39. The van der Waals surface area contributed by atoms with E-state index >= 15 is 0 Å². The van der Waals surface area contributed by atoms with Crippen LogP contribution in [-0.2, 0) is 27.8 Å². The average Bonchev–Trinajstić information content (AvgIpc) is 2.83. The Hall–Kier alpha value is -3.07. The normalized spacial score (nSPS) is 12.1. The highest BCUT2D eigenvalue weighted by atomic mass is 35.5. The molecule has 0 aliphatic heterocycles. The molecule has 1 amide bonds. The van der Waals surface area contributed by atoms with Crippen molar-refractivity contribution in [3.8, 4) is 11.5 Å². The minimum absolute atomic E-state index is 0.0382. The lowest BCUT2D eigenvalue weighted by atomic mass is 10.1. The fourth-order valence-corrected chi connectivity index (χ4v) is 4.53. The molecule has 9 heteroatoms. The van der Waals surface area contributed by atoms with Crippen molar-refractivity contribution in [2.75, 3.05) is 14.2 Å². The van der Waals surface area contributed by atoms with Gasteiger partial charge in [-0.3, -0.25) is 4.79 Å². The Labute approximate surface area is 198 Å². The first-order valence-electron chi connectivity index (χ1n) is 10.1. The molecule has 0 saturated heterocycles. The first-order valence-corrected chi connectivity index (χ1v) is 12.0. The van der Waals surface area contributed by atoms with E-state index in [9.17, 15) is 13.2 Å². The molecule has 3 aromatic carbocycles. The molecular formula is C24H25ClN2O5S. The summed E-state index contributed by atoms with van der Waals surface area (Å²) in [5.41, 5.74) is 1.66. The highest BCUT2D eigenvalue weighted by molar-refractivity contribution is 7.89. The van der Waals surface area contributed by atoms with Gasteiger partial charge in [0.2, 0.25) is 15.9 Å². The zero-order chi connectivity index (χ0) is 23.8. The second-order valence-corrected chi connectivity index (χ2v) is 9.38. The van der Waals surface area contributed by atoms with Crippen molar-refractivity contribution < 1.29 is 22.7 Å². The van der Waals surface area contributed by atoms with E-state index in [1.165, 1.54) is 32.4 Å². The number of nitrogens with one attached hydrogen (secondary N) is 2. The van der Waals surface area contributed by atoms with Gasteiger partial charge < -0.3 is 14.8 Å². The Morgan fingerprint density at radius 2 is 1.58 bits per heavy atom. The summed E-state index contributed by atoms with van der Waals surface area (Å²) < 4.78 is 39.1. The molecule has 7 nitrogen and oxygen atoms in total. The maximum atomic E-state index is 13.1. The number of benzene rings is 3. The van der Waals surface area contributed by atoms with E-state index in [4.69, 9.17) is 21.1 Å². The Kier molecular flexibility index (Phi) is 8.32. The Morgan fingerprint density at radius 3 is 2.21 bits per heavy atom. The Balaban J connectivity index is 1.82. The third-order valence-electron chi connectivity index (χ3n) is 4.94. The largest absolute Gasteiger partial charge is 0.493 e. The monoisotopic (exact) mass is 488 g/mol. The summed E-state index contributed by atoms with van der Waals surface area (Å²) in [6.45, 7) is 0.235. The molecule has 3 aromatic rings. The molecule has 0 heterocycles. The summed E-state index contributed by atoms with van der Waals surface area (Å²) >= 11 is 5.91. The number of carbonyl (C=O) groups is 1. The molecule has 0 spiro atoms. The van der Waals surface area contributed by atoms with Crippen LogP contribution in [0, 0.1) is 0 Å². The number of ether oxygens (including phenoxy) is 2. The molecule has 0 aliphatic carbocycles. The number of carbonyl (C=O) groups excluding carboxylic acids is 1. The van der Waals surface area contributed by atoms with Crippen molar-refractivity contribution in [3.05, 3.63) is 88.9 Å². The van der Waals surface area contributed by atoms with Crippen molar-refractivity contribution in [1.82, 2.24) is 10.0 Å². The zero-order valence-electron chi connectivity index (χ0n) is 18.2. The SMILES string of the molecule is COc1ccc(S(=O)(=O)N[C@@H](Cc2ccccc2)C(=O)NCc2ccc(Cl)cc2)cc1OC. The lowest BCUT2D eigenvalue weighted by molar-refractivity contribution is -0.122. The first-order chi connectivity index (χ1) is 15.8. The summed E-state index contributed by atoms with van der Waals surface area (Å²) in [5.74, 6) is 0.225. The van der Waals surface area contributed by atoms with Crippen molar-refractivity contribution in [2.24, 2.45) is 0 Å². The molecule has 0 unspecified atom stereocenters. The van der Waals surface area contributed by atoms with Crippen LogP contribution in [0.25, 0.3) is 0 Å². The van der Waals surface area contributed by atoms with E-state index in [1.54, 1.807) is 24.3 Å². The molecule has 0 bridgehead atoms. The average molecular weight is 489 g/mol. The quantitative estimate of drug-likeness (QED) is 0.455. The number of methoxy groups -OCH3 is 2. The third-order valence-corrected chi connectivity index (χ3v) is 6.66. The van der Waals surface area contributed by atoms with Gasteiger partial charge >= 0.3 is 0 Å².